The lowest BCUT2D eigenvalue weighted by Crippen LogP contribution is -2.43. The fourth-order valence-corrected chi connectivity index (χ4v) is 5.75. The predicted octanol–water partition coefficient (Wildman–Crippen LogP) is 2.96. The second-order valence-corrected chi connectivity index (χ2v) is 10.0. The van der Waals surface area contributed by atoms with Crippen molar-refractivity contribution in [2.45, 2.75) is 30.6 Å². The van der Waals surface area contributed by atoms with Crippen LogP contribution in [0.15, 0.2) is 59.5 Å². The number of para-hydroxylation sites is 1. The van der Waals surface area contributed by atoms with Crippen LogP contribution in [0.3, 0.4) is 0 Å². The summed E-state index contributed by atoms with van der Waals surface area (Å²) in [6.45, 7) is 1.91. The van der Waals surface area contributed by atoms with Gasteiger partial charge in [-0.15, -0.1) is 0 Å². The molecule has 4 rings (SSSR count). The van der Waals surface area contributed by atoms with Gasteiger partial charge in [0, 0.05) is 37.4 Å². The van der Waals surface area contributed by atoms with Crippen molar-refractivity contribution in [3.8, 4) is 0 Å². The van der Waals surface area contributed by atoms with E-state index in [1.54, 1.807) is 17.0 Å². The SMILES string of the molecule is O=C(Nc1ccccc1)[C@@H]1CCCN(C(=O)c2cccc(S(=O)(=O)N3CCCC3)c2)C1. The van der Waals surface area contributed by atoms with Gasteiger partial charge in [0.05, 0.1) is 10.8 Å². The van der Waals surface area contributed by atoms with Crippen LogP contribution < -0.4 is 5.32 Å². The summed E-state index contributed by atoms with van der Waals surface area (Å²) in [6.07, 6.45) is 3.16. The number of sulfonamides is 1. The van der Waals surface area contributed by atoms with Gasteiger partial charge >= 0.3 is 0 Å². The fraction of sp³-hybridized carbons (Fsp3) is 0.391. The zero-order chi connectivity index (χ0) is 21.8. The predicted molar refractivity (Wildman–Crippen MR) is 118 cm³/mol. The highest BCUT2D eigenvalue weighted by Gasteiger charge is 2.31. The van der Waals surface area contributed by atoms with Crippen molar-refractivity contribution in [2.75, 3.05) is 31.5 Å². The largest absolute Gasteiger partial charge is 0.338 e. The number of hydrogen-bond donors (Lipinski definition) is 1. The van der Waals surface area contributed by atoms with Crippen LogP contribution in [0, 0.1) is 5.92 Å². The second-order valence-electron chi connectivity index (χ2n) is 8.08. The minimum atomic E-state index is -3.59. The third-order valence-electron chi connectivity index (χ3n) is 5.90. The Morgan fingerprint density at radius 3 is 2.39 bits per heavy atom. The smallest absolute Gasteiger partial charge is 0.253 e. The summed E-state index contributed by atoms with van der Waals surface area (Å²) in [6, 6.07) is 15.5. The minimum absolute atomic E-state index is 0.103. The highest BCUT2D eigenvalue weighted by Crippen LogP contribution is 2.24. The zero-order valence-corrected chi connectivity index (χ0v) is 18.2. The van der Waals surface area contributed by atoms with E-state index in [2.05, 4.69) is 5.32 Å². The number of benzene rings is 2. The molecule has 2 heterocycles. The second kappa shape index (κ2) is 9.20. The first-order valence-electron chi connectivity index (χ1n) is 10.7. The number of nitrogens with one attached hydrogen (secondary N) is 1. The summed E-state index contributed by atoms with van der Waals surface area (Å²) in [4.78, 5) is 27.6. The Kier molecular flexibility index (Phi) is 6.38. The average Bonchev–Trinajstić information content (AvgIpc) is 3.35. The highest BCUT2D eigenvalue weighted by molar-refractivity contribution is 7.89. The van der Waals surface area contributed by atoms with Crippen LogP contribution in [0.1, 0.15) is 36.0 Å². The van der Waals surface area contributed by atoms with Gasteiger partial charge < -0.3 is 10.2 Å². The molecule has 2 aromatic rings. The Balaban J connectivity index is 1.46. The first kappa shape index (κ1) is 21.5. The summed E-state index contributed by atoms with van der Waals surface area (Å²) in [7, 11) is -3.59. The van der Waals surface area contributed by atoms with Gasteiger partial charge in [-0.25, -0.2) is 8.42 Å². The number of carbonyl (C=O) groups excluding carboxylic acids is 2. The normalized spacial score (nSPS) is 19.9. The van der Waals surface area contributed by atoms with E-state index in [0.29, 0.717) is 38.2 Å². The summed E-state index contributed by atoms with van der Waals surface area (Å²) in [5.74, 6) is -0.640. The molecule has 0 bridgehead atoms. The third kappa shape index (κ3) is 4.80. The lowest BCUT2D eigenvalue weighted by molar-refractivity contribution is -0.121. The summed E-state index contributed by atoms with van der Waals surface area (Å²) >= 11 is 0. The molecular weight excluding hydrogens is 414 g/mol. The van der Waals surface area contributed by atoms with Gasteiger partial charge in [-0.2, -0.15) is 4.31 Å². The summed E-state index contributed by atoms with van der Waals surface area (Å²) in [5, 5.41) is 2.91. The Morgan fingerprint density at radius 1 is 0.903 bits per heavy atom. The van der Waals surface area contributed by atoms with Crippen LogP contribution in [0.2, 0.25) is 0 Å². The maximum Gasteiger partial charge on any atom is 0.253 e. The molecule has 8 heteroatoms. The molecule has 2 amide bonds. The number of rotatable bonds is 5. The summed E-state index contributed by atoms with van der Waals surface area (Å²) < 4.78 is 27.2. The van der Waals surface area contributed by atoms with Gasteiger partial charge in [-0.05, 0) is 56.0 Å². The van der Waals surface area contributed by atoms with Crippen molar-refractivity contribution < 1.29 is 18.0 Å². The Bertz CT molecular complexity index is 1050. The first-order valence-corrected chi connectivity index (χ1v) is 12.1. The van der Waals surface area contributed by atoms with Crippen molar-refractivity contribution >= 4 is 27.5 Å². The van der Waals surface area contributed by atoms with Gasteiger partial charge in [0.15, 0.2) is 0 Å². The van der Waals surface area contributed by atoms with Crippen LogP contribution in [0.5, 0.6) is 0 Å². The fourth-order valence-electron chi connectivity index (χ4n) is 4.19. The molecule has 1 atom stereocenters. The van der Waals surface area contributed by atoms with E-state index in [0.717, 1.165) is 24.9 Å². The monoisotopic (exact) mass is 441 g/mol. The highest BCUT2D eigenvalue weighted by atomic mass is 32.2. The van der Waals surface area contributed by atoms with Gasteiger partial charge in [0.2, 0.25) is 15.9 Å². The molecule has 164 valence electrons. The van der Waals surface area contributed by atoms with Crippen LogP contribution in [-0.2, 0) is 14.8 Å². The Labute approximate surface area is 183 Å². The molecule has 1 N–H and O–H groups in total. The van der Waals surface area contributed by atoms with E-state index >= 15 is 0 Å². The third-order valence-corrected chi connectivity index (χ3v) is 7.80. The van der Waals surface area contributed by atoms with E-state index in [9.17, 15) is 18.0 Å². The Hall–Kier alpha value is -2.71. The number of carbonyl (C=O) groups is 2. The topological polar surface area (TPSA) is 86.8 Å². The molecule has 2 aromatic carbocycles. The van der Waals surface area contributed by atoms with E-state index in [4.69, 9.17) is 0 Å². The molecular formula is C23H27N3O4S. The molecule has 2 fully saturated rings. The molecule has 0 spiro atoms. The maximum absolute atomic E-state index is 13.1. The van der Waals surface area contributed by atoms with Crippen molar-refractivity contribution in [3.63, 3.8) is 0 Å². The van der Waals surface area contributed by atoms with Crippen molar-refractivity contribution in [1.82, 2.24) is 9.21 Å². The lowest BCUT2D eigenvalue weighted by Gasteiger charge is -2.32. The van der Waals surface area contributed by atoms with Crippen LogP contribution in [0.25, 0.3) is 0 Å². The van der Waals surface area contributed by atoms with Gasteiger partial charge in [-0.3, -0.25) is 9.59 Å². The molecule has 2 aliphatic rings. The summed E-state index contributed by atoms with van der Waals surface area (Å²) in [5.41, 5.74) is 1.07. The van der Waals surface area contributed by atoms with Crippen LogP contribution in [-0.4, -0.2) is 55.6 Å². The molecule has 2 aliphatic heterocycles. The molecule has 7 nitrogen and oxygen atoms in total. The quantitative estimate of drug-likeness (QED) is 0.773. The van der Waals surface area contributed by atoms with E-state index in [-0.39, 0.29) is 22.6 Å². The molecule has 0 unspecified atom stereocenters. The zero-order valence-electron chi connectivity index (χ0n) is 17.4. The van der Waals surface area contributed by atoms with Gasteiger partial charge in [0.1, 0.15) is 0 Å². The van der Waals surface area contributed by atoms with Gasteiger partial charge in [-0.1, -0.05) is 24.3 Å². The van der Waals surface area contributed by atoms with Gasteiger partial charge in [0.25, 0.3) is 5.91 Å². The number of piperidine rings is 1. The number of hydrogen-bond acceptors (Lipinski definition) is 4. The van der Waals surface area contributed by atoms with Crippen molar-refractivity contribution in [3.05, 3.63) is 60.2 Å². The van der Waals surface area contributed by atoms with E-state index < -0.39 is 10.0 Å². The lowest BCUT2D eigenvalue weighted by atomic mass is 9.96. The Morgan fingerprint density at radius 2 is 1.65 bits per heavy atom. The molecule has 31 heavy (non-hydrogen) atoms. The van der Waals surface area contributed by atoms with Crippen molar-refractivity contribution in [2.24, 2.45) is 5.92 Å². The maximum atomic E-state index is 13.1. The molecule has 0 radical (unpaired) electrons. The molecule has 0 saturated carbocycles. The standard InChI is InChI=1S/C23H27N3O4S/c27-22(24-20-10-2-1-3-11-20)19-9-7-13-25(17-19)23(28)18-8-6-12-21(16-18)31(29,30)26-14-4-5-15-26/h1-3,6,8,10-12,16,19H,4-5,7,9,13-15,17H2,(H,24,27)/t19-/m1/s1. The van der Waals surface area contributed by atoms with Crippen molar-refractivity contribution in [1.29, 1.82) is 0 Å². The minimum Gasteiger partial charge on any atom is -0.338 e. The first-order chi connectivity index (χ1) is 14.9. The average molecular weight is 442 g/mol. The number of likely N-dealkylation sites (tertiary alicyclic amines) is 1. The number of nitrogens with zero attached hydrogens (tertiary/aromatic N) is 2. The van der Waals surface area contributed by atoms with E-state index in [1.165, 1.54) is 16.4 Å². The molecule has 0 aromatic heterocycles. The molecule has 0 aliphatic carbocycles. The number of amides is 2. The number of anilines is 1. The van der Waals surface area contributed by atoms with Crippen LogP contribution >= 0.6 is 0 Å². The van der Waals surface area contributed by atoms with E-state index in [1.807, 2.05) is 30.3 Å². The van der Waals surface area contributed by atoms with Crippen LogP contribution in [0.4, 0.5) is 5.69 Å². The molecule has 2 saturated heterocycles.